The van der Waals surface area contributed by atoms with Crippen LogP contribution in [0.3, 0.4) is 0 Å². The molecule has 4 rings (SSSR count). The van der Waals surface area contributed by atoms with Crippen LogP contribution in [-0.2, 0) is 13.6 Å². The van der Waals surface area contributed by atoms with E-state index in [4.69, 9.17) is 5.11 Å². The molecule has 0 unspecified atom stereocenters. The maximum absolute atomic E-state index is 14.4. The van der Waals surface area contributed by atoms with Gasteiger partial charge in [-0.3, -0.25) is 4.68 Å². The number of aromatic nitrogens is 4. The zero-order valence-electron chi connectivity index (χ0n) is 15.9. The molecule has 154 valence electrons. The van der Waals surface area contributed by atoms with Gasteiger partial charge in [0.2, 0.25) is 0 Å². The number of halogens is 1. The Labute approximate surface area is 178 Å². The molecule has 0 bridgehead atoms. The van der Waals surface area contributed by atoms with Gasteiger partial charge in [-0.15, -0.1) is 22.7 Å². The van der Waals surface area contributed by atoms with Crippen LogP contribution in [0, 0.1) is 12.7 Å². The molecule has 0 saturated carbocycles. The van der Waals surface area contributed by atoms with E-state index in [2.05, 4.69) is 20.4 Å². The topological polar surface area (TPSA) is 113 Å². The number of thiazole rings is 2. The second-order valence-electron chi connectivity index (χ2n) is 6.44. The van der Waals surface area contributed by atoms with Crippen LogP contribution in [0.5, 0.6) is 5.75 Å². The van der Waals surface area contributed by atoms with Crippen molar-refractivity contribution >= 4 is 34.5 Å². The Kier molecular flexibility index (Phi) is 5.22. The molecule has 30 heavy (non-hydrogen) atoms. The molecule has 3 N–H and O–H groups in total. The lowest BCUT2D eigenvalue weighted by atomic mass is 10.1. The number of nitrogens with zero attached hydrogens (tertiary/aromatic N) is 4. The molecule has 0 spiro atoms. The summed E-state index contributed by atoms with van der Waals surface area (Å²) >= 11 is 2.68. The summed E-state index contributed by atoms with van der Waals surface area (Å²) in [7, 11) is 1.84. The minimum Gasteiger partial charge on any atom is -0.507 e. The van der Waals surface area contributed by atoms with Gasteiger partial charge < -0.3 is 15.5 Å². The van der Waals surface area contributed by atoms with E-state index in [1.54, 1.807) is 10.1 Å². The van der Waals surface area contributed by atoms with Crippen LogP contribution in [0.15, 0.2) is 29.8 Å². The molecule has 0 aliphatic carbocycles. The minimum absolute atomic E-state index is 0.0490. The maximum atomic E-state index is 14.4. The molecule has 11 heteroatoms. The van der Waals surface area contributed by atoms with Gasteiger partial charge in [-0.05, 0) is 19.1 Å². The van der Waals surface area contributed by atoms with Crippen molar-refractivity contribution in [3.63, 3.8) is 0 Å². The standard InChI is InChI=1S/C19H16FN5O3S2/c1-9-17(30-16(22-9)7-21-15-3-4-25(2)24-15)13-8-29-18(23-13)10-6-14(26)11(19(27)28)5-12(10)20/h3-6,8,26H,7H2,1-2H3,(H,21,24)(H,27,28). The van der Waals surface area contributed by atoms with Crippen molar-refractivity contribution in [3.8, 4) is 26.9 Å². The molecule has 8 nitrogen and oxygen atoms in total. The Bertz CT molecular complexity index is 1250. The van der Waals surface area contributed by atoms with Gasteiger partial charge in [0.25, 0.3) is 0 Å². The average molecular weight is 446 g/mol. The van der Waals surface area contributed by atoms with Crippen molar-refractivity contribution in [2.24, 2.45) is 7.05 Å². The van der Waals surface area contributed by atoms with E-state index in [1.165, 1.54) is 22.7 Å². The van der Waals surface area contributed by atoms with Gasteiger partial charge in [-0.25, -0.2) is 19.2 Å². The summed E-state index contributed by atoms with van der Waals surface area (Å²) < 4.78 is 16.1. The molecule has 4 aromatic rings. The second-order valence-corrected chi connectivity index (χ2v) is 8.38. The predicted molar refractivity (Wildman–Crippen MR) is 113 cm³/mol. The van der Waals surface area contributed by atoms with Crippen molar-refractivity contribution in [3.05, 3.63) is 51.9 Å². The van der Waals surface area contributed by atoms with Crippen molar-refractivity contribution in [1.29, 1.82) is 0 Å². The molecule has 0 radical (unpaired) electrons. The molecule has 0 aliphatic heterocycles. The highest BCUT2D eigenvalue weighted by Gasteiger charge is 2.19. The fourth-order valence-electron chi connectivity index (χ4n) is 2.84. The highest BCUT2D eigenvalue weighted by Crippen LogP contribution is 2.36. The third-order valence-electron chi connectivity index (χ3n) is 4.26. The molecule has 0 aliphatic rings. The van der Waals surface area contributed by atoms with Crippen LogP contribution in [0.1, 0.15) is 21.1 Å². The summed E-state index contributed by atoms with van der Waals surface area (Å²) in [4.78, 5) is 20.9. The summed E-state index contributed by atoms with van der Waals surface area (Å²) in [6, 6.07) is 3.75. The molecule has 0 saturated heterocycles. The van der Waals surface area contributed by atoms with E-state index in [-0.39, 0.29) is 5.56 Å². The SMILES string of the molecule is Cc1nc(CNc2ccn(C)n2)sc1-c1csc(-c2cc(O)c(C(=O)O)cc2F)n1. The number of nitrogens with one attached hydrogen (secondary N) is 1. The van der Waals surface area contributed by atoms with Crippen LogP contribution in [0.4, 0.5) is 10.2 Å². The Hall–Kier alpha value is -3.31. The Balaban J connectivity index is 1.58. The third kappa shape index (κ3) is 3.89. The van der Waals surface area contributed by atoms with E-state index in [1.807, 2.05) is 26.2 Å². The number of benzene rings is 1. The Morgan fingerprint density at radius 3 is 2.83 bits per heavy atom. The van der Waals surface area contributed by atoms with Crippen molar-refractivity contribution < 1.29 is 19.4 Å². The Morgan fingerprint density at radius 2 is 2.13 bits per heavy atom. The summed E-state index contributed by atoms with van der Waals surface area (Å²) in [5.74, 6) is -1.91. The van der Waals surface area contributed by atoms with Crippen molar-refractivity contribution in [1.82, 2.24) is 19.7 Å². The molecular weight excluding hydrogens is 429 g/mol. The van der Waals surface area contributed by atoms with Gasteiger partial charge in [-0.1, -0.05) is 0 Å². The predicted octanol–water partition coefficient (Wildman–Crippen LogP) is 4.13. The molecule has 0 amide bonds. The fourth-order valence-corrected chi connectivity index (χ4v) is 4.71. The molecule has 0 atom stereocenters. The van der Waals surface area contributed by atoms with E-state index in [0.29, 0.717) is 17.2 Å². The average Bonchev–Trinajstić information content (AvgIpc) is 3.41. The van der Waals surface area contributed by atoms with E-state index < -0.39 is 23.1 Å². The number of phenols is 1. The number of aromatic hydroxyl groups is 1. The number of aromatic carboxylic acids is 1. The molecular formula is C19H16FN5O3S2. The smallest absolute Gasteiger partial charge is 0.339 e. The lowest BCUT2D eigenvalue weighted by Gasteiger charge is -2.04. The summed E-state index contributed by atoms with van der Waals surface area (Å²) in [5, 5.41) is 29.3. The van der Waals surface area contributed by atoms with Crippen LogP contribution < -0.4 is 5.32 Å². The first-order chi connectivity index (χ1) is 14.3. The van der Waals surface area contributed by atoms with Crippen LogP contribution in [0.2, 0.25) is 0 Å². The summed E-state index contributed by atoms with van der Waals surface area (Å²) in [5.41, 5.74) is 1.01. The Morgan fingerprint density at radius 1 is 1.33 bits per heavy atom. The van der Waals surface area contributed by atoms with Gasteiger partial charge in [0, 0.05) is 30.3 Å². The van der Waals surface area contributed by atoms with E-state index >= 15 is 0 Å². The fraction of sp³-hybridized carbons (Fsp3) is 0.158. The number of aryl methyl sites for hydroxylation is 2. The number of rotatable bonds is 6. The van der Waals surface area contributed by atoms with Crippen molar-refractivity contribution in [2.75, 3.05) is 5.32 Å². The summed E-state index contributed by atoms with van der Waals surface area (Å²) in [6.07, 6.45) is 1.84. The van der Waals surface area contributed by atoms with Gasteiger partial charge in [0.05, 0.1) is 22.8 Å². The van der Waals surface area contributed by atoms with E-state index in [9.17, 15) is 14.3 Å². The van der Waals surface area contributed by atoms with Crippen LogP contribution in [-0.4, -0.2) is 35.9 Å². The van der Waals surface area contributed by atoms with Gasteiger partial charge in [-0.2, -0.15) is 5.10 Å². The molecule has 3 aromatic heterocycles. The molecule has 3 heterocycles. The number of carbonyl (C=O) groups is 1. The second kappa shape index (κ2) is 7.84. The quantitative estimate of drug-likeness (QED) is 0.409. The minimum atomic E-state index is -1.40. The highest BCUT2D eigenvalue weighted by atomic mass is 32.1. The first-order valence-electron chi connectivity index (χ1n) is 8.73. The van der Waals surface area contributed by atoms with E-state index in [0.717, 1.165) is 33.5 Å². The largest absolute Gasteiger partial charge is 0.507 e. The van der Waals surface area contributed by atoms with Crippen LogP contribution in [0.25, 0.3) is 21.1 Å². The zero-order chi connectivity index (χ0) is 21.4. The van der Waals surface area contributed by atoms with Gasteiger partial charge in [0.15, 0.2) is 0 Å². The number of hydrogen-bond acceptors (Lipinski definition) is 8. The number of anilines is 1. The first-order valence-corrected chi connectivity index (χ1v) is 10.4. The van der Waals surface area contributed by atoms with Crippen LogP contribution >= 0.6 is 22.7 Å². The first kappa shape index (κ1) is 20.0. The highest BCUT2D eigenvalue weighted by molar-refractivity contribution is 7.16. The third-order valence-corrected chi connectivity index (χ3v) is 6.31. The number of carboxylic acids is 1. The number of hydrogen-bond donors (Lipinski definition) is 3. The lowest BCUT2D eigenvalue weighted by molar-refractivity contribution is 0.0693. The maximum Gasteiger partial charge on any atom is 0.339 e. The monoisotopic (exact) mass is 445 g/mol. The zero-order valence-corrected chi connectivity index (χ0v) is 17.5. The molecule has 1 aromatic carbocycles. The van der Waals surface area contributed by atoms with Crippen molar-refractivity contribution in [2.45, 2.75) is 13.5 Å². The lowest BCUT2D eigenvalue weighted by Crippen LogP contribution is -2.00. The number of carboxylic acid groups (broad SMARTS) is 1. The van der Waals surface area contributed by atoms with Gasteiger partial charge >= 0.3 is 5.97 Å². The summed E-state index contributed by atoms with van der Waals surface area (Å²) in [6.45, 7) is 2.39. The normalized spacial score (nSPS) is 11.0. The molecule has 0 fully saturated rings. The van der Waals surface area contributed by atoms with Gasteiger partial charge in [0.1, 0.15) is 33.0 Å².